The zero-order valence-corrected chi connectivity index (χ0v) is 36.9. The zero-order chi connectivity index (χ0) is 43.0. The molecule has 4 atom stereocenters. The third-order valence-electron chi connectivity index (χ3n) is 8.90. The van der Waals surface area contributed by atoms with Gasteiger partial charge in [0.05, 0.1) is 25.9 Å². The van der Waals surface area contributed by atoms with Crippen LogP contribution in [-0.2, 0) is 32.7 Å². The van der Waals surface area contributed by atoms with Crippen molar-refractivity contribution in [2.75, 3.05) is 26.4 Å². The Labute approximate surface area is 351 Å². The number of aliphatic hydroxyl groups excluding tert-OH is 3. The summed E-state index contributed by atoms with van der Waals surface area (Å²) in [6.07, 6.45) is 40.6. The van der Waals surface area contributed by atoms with Crippen molar-refractivity contribution >= 4 is 19.8 Å². The number of hydrogen-bond donors (Lipinski definition) is 4. The highest BCUT2D eigenvalue weighted by atomic mass is 31.2. The topological polar surface area (TPSA) is 169 Å². The summed E-state index contributed by atoms with van der Waals surface area (Å²) in [5.74, 6) is -0.259. The fourth-order valence-corrected chi connectivity index (χ4v) is 6.31. The normalized spacial score (nSPS) is 15.2. The van der Waals surface area contributed by atoms with Gasteiger partial charge in [-0.05, 0) is 50.9 Å². The fraction of sp³-hybridized carbons (Fsp3) is 0.696. The van der Waals surface area contributed by atoms with Crippen molar-refractivity contribution in [3.05, 3.63) is 72.9 Å². The number of rotatable bonds is 39. The lowest BCUT2D eigenvalue weighted by Crippen LogP contribution is -2.29. The summed E-state index contributed by atoms with van der Waals surface area (Å²) < 4.78 is 32.6. The van der Waals surface area contributed by atoms with E-state index >= 15 is 0 Å². The highest BCUT2D eigenvalue weighted by Crippen LogP contribution is 2.43. The smallest absolute Gasteiger partial charge is 0.462 e. The molecule has 0 aliphatic carbocycles. The fourth-order valence-electron chi connectivity index (χ4n) is 5.52. The Morgan fingerprint density at radius 1 is 0.638 bits per heavy atom. The quantitative estimate of drug-likeness (QED) is 0.0153. The lowest BCUT2D eigenvalue weighted by Gasteiger charge is -2.20. The van der Waals surface area contributed by atoms with Crippen LogP contribution in [0.4, 0.5) is 0 Å². The summed E-state index contributed by atoms with van der Waals surface area (Å²) in [6, 6.07) is 0. The molecule has 0 saturated heterocycles. The van der Waals surface area contributed by atoms with Crippen LogP contribution in [0, 0.1) is 5.92 Å². The van der Waals surface area contributed by atoms with E-state index in [9.17, 15) is 29.3 Å². The maximum absolute atomic E-state index is 12.6. The van der Waals surface area contributed by atoms with E-state index in [1.165, 1.54) is 57.8 Å². The first-order valence-electron chi connectivity index (χ1n) is 21.9. The highest BCUT2D eigenvalue weighted by molar-refractivity contribution is 7.47. The molecule has 0 aromatic rings. The second-order valence-corrected chi connectivity index (χ2v) is 16.5. The Bertz CT molecular complexity index is 1220. The first-order valence-corrected chi connectivity index (χ1v) is 23.4. The van der Waals surface area contributed by atoms with Gasteiger partial charge in [-0.25, -0.2) is 4.57 Å². The SMILES string of the molecule is CC/C=C\C/C=C\CC(O)/C=C/C=C\C/C=C\C/C=C\CCC(=O)OC[C@H](COP(=O)(O)OC[C@@H](O)CO)OC(=O)CCCCCCCCCCCCCCC(C)C. The van der Waals surface area contributed by atoms with Gasteiger partial charge in [-0.3, -0.25) is 18.6 Å². The van der Waals surface area contributed by atoms with Crippen LogP contribution >= 0.6 is 7.82 Å². The summed E-state index contributed by atoms with van der Waals surface area (Å²) in [7, 11) is -4.65. The summed E-state index contributed by atoms with van der Waals surface area (Å²) in [6.45, 7) is 4.41. The molecule has 0 radical (unpaired) electrons. The van der Waals surface area contributed by atoms with Crippen LogP contribution in [-0.4, -0.2) is 76.9 Å². The van der Waals surface area contributed by atoms with Crippen LogP contribution in [0.25, 0.3) is 0 Å². The molecule has 0 amide bonds. The van der Waals surface area contributed by atoms with E-state index in [0.717, 1.165) is 44.4 Å². The third-order valence-corrected chi connectivity index (χ3v) is 9.85. The predicted octanol–water partition coefficient (Wildman–Crippen LogP) is 10.5. The molecule has 0 rings (SSSR count). The number of carbonyl (C=O) groups is 2. The molecule has 12 heteroatoms. The van der Waals surface area contributed by atoms with E-state index in [0.29, 0.717) is 25.7 Å². The molecule has 2 unspecified atom stereocenters. The number of allylic oxidation sites excluding steroid dienone is 10. The number of ether oxygens (including phenoxy) is 2. The number of hydrogen-bond acceptors (Lipinski definition) is 10. The molecule has 0 saturated carbocycles. The van der Waals surface area contributed by atoms with Gasteiger partial charge in [0.25, 0.3) is 0 Å². The Kier molecular flexibility index (Phi) is 38.0. The predicted molar refractivity (Wildman–Crippen MR) is 234 cm³/mol. The van der Waals surface area contributed by atoms with Crippen molar-refractivity contribution in [1.82, 2.24) is 0 Å². The average Bonchev–Trinajstić information content (AvgIpc) is 3.19. The lowest BCUT2D eigenvalue weighted by molar-refractivity contribution is -0.161. The molecule has 0 aromatic heterocycles. The summed E-state index contributed by atoms with van der Waals surface area (Å²) >= 11 is 0. The molecule has 0 bridgehead atoms. The second kappa shape index (κ2) is 39.8. The Morgan fingerprint density at radius 3 is 1.81 bits per heavy atom. The minimum atomic E-state index is -4.65. The largest absolute Gasteiger partial charge is 0.472 e. The van der Waals surface area contributed by atoms with Crippen molar-refractivity contribution in [2.24, 2.45) is 5.92 Å². The number of unbranched alkanes of at least 4 members (excludes halogenated alkanes) is 11. The van der Waals surface area contributed by atoms with Crippen molar-refractivity contribution in [3.8, 4) is 0 Å². The number of phosphoric acid groups is 1. The van der Waals surface area contributed by atoms with E-state index < -0.39 is 57.9 Å². The van der Waals surface area contributed by atoms with E-state index in [4.69, 9.17) is 19.1 Å². The van der Waals surface area contributed by atoms with Gasteiger partial charge in [0, 0.05) is 12.8 Å². The van der Waals surface area contributed by atoms with E-state index in [-0.39, 0.29) is 19.4 Å². The van der Waals surface area contributed by atoms with Crippen molar-refractivity contribution in [2.45, 2.75) is 174 Å². The first-order chi connectivity index (χ1) is 28.0. The van der Waals surface area contributed by atoms with Gasteiger partial charge < -0.3 is 29.7 Å². The van der Waals surface area contributed by atoms with E-state index in [1.807, 2.05) is 48.6 Å². The molecule has 0 aliphatic heterocycles. The molecule has 11 nitrogen and oxygen atoms in total. The minimum absolute atomic E-state index is 0.0907. The van der Waals surface area contributed by atoms with Gasteiger partial charge in [0.15, 0.2) is 6.10 Å². The zero-order valence-electron chi connectivity index (χ0n) is 36.0. The van der Waals surface area contributed by atoms with Crippen LogP contribution in [0.5, 0.6) is 0 Å². The maximum Gasteiger partial charge on any atom is 0.472 e. The van der Waals surface area contributed by atoms with Crippen LogP contribution in [0.1, 0.15) is 156 Å². The van der Waals surface area contributed by atoms with Crippen molar-refractivity contribution in [1.29, 1.82) is 0 Å². The van der Waals surface area contributed by atoms with Crippen LogP contribution < -0.4 is 0 Å². The molecule has 58 heavy (non-hydrogen) atoms. The van der Waals surface area contributed by atoms with Crippen LogP contribution in [0.2, 0.25) is 0 Å². The molecule has 0 heterocycles. The summed E-state index contributed by atoms with van der Waals surface area (Å²) in [5.41, 5.74) is 0. The van der Waals surface area contributed by atoms with Crippen molar-refractivity contribution < 1.29 is 52.9 Å². The Balaban J connectivity index is 4.47. The molecule has 4 N–H and O–H groups in total. The van der Waals surface area contributed by atoms with E-state index in [2.05, 4.69) is 43.5 Å². The molecular formula is C46H79O11P. The Hall–Kier alpha value is -2.63. The van der Waals surface area contributed by atoms with Gasteiger partial charge in [-0.2, -0.15) is 0 Å². The first kappa shape index (κ1) is 55.4. The molecule has 0 aliphatic rings. The standard InChI is InChI=1S/C46H79O11P/c1-4-5-6-7-23-28-33-42(48)34-29-24-19-15-12-13-16-20-25-30-35-45(50)54-39-44(40-56-58(52,53)55-38-43(49)37-47)57-46(51)36-31-26-21-17-11-9-8-10-14-18-22-27-32-41(2)3/h5-6,12-13,19-20,23-25,28-29,34,41-44,47-49H,4,7-11,14-18,21-22,26-27,30-33,35-40H2,1-3H3,(H,52,53)/b6-5-,13-12-,24-19-,25-20-,28-23-,34-29+/t42?,43-,44+/m0/s1. The maximum atomic E-state index is 12.6. The monoisotopic (exact) mass is 839 g/mol. The van der Waals surface area contributed by atoms with Gasteiger partial charge in [-0.1, -0.05) is 171 Å². The van der Waals surface area contributed by atoms with Crippen LogP contribution in [0.15, 0.2) is 72.9 Å². The van der Waals surface area contributed by atoms with Gasteiger partial charge in [0.2, 0.25) is 0 Å². The Morgan fingerprint density at radius 2 is 1.19 bits per heavy atom. The average molecular weight is 839 g/mol. The van der Waals surface area contributed by atoms with Gasteiger partial charge >= 0.3 is 19.8 Å². The minimum Gasteiger partial charge on any atom is -0.462 e. The third kappa shape index (κ3) is 40.2. The molecule has 334 valence electrons. The number of aliphatic hydroxyl groups is 3. The molecule has 0 aromatic carbocycles. The van der Waals surface area contributed by atoms with Crippen molar-refractivity contribution in [3.63, 3.8) is 0 Å². The number of carbonyl (C=O) groups excluding carboxylic acids is 2. The lowest BCUT2D eigenvalue weighted by atomic mass is 10.0. The molecule has 0 spiro atoms. The summed E-state index contributed by atoms with van der Waals surface area (Å²) in [4.78, 5) is 35.0. The molecular weight excluding hydrogens is 759 g/mol. The molecule has 0 fully saturated rings. The number of esters is 2. The van der Waals surface area contributed by atoms with Crippen LogP contribution in [0.3, 0.4) is 0 Å². The summed E-state index contributed by atoms with van der Waals surface area (Å²) in [5, 5.41) is 28.3. The van der Waals surface area contributed by atoms with Gasteiger partial charge in [-0.15, -0.1) is 0 Å². The number of phosphoric ester groups is 1. The van der Waals surface area contributed by atoms with E-state index in [1.54, 1.807) is 6.08 Å². The second-order valence-electron chi connectivity index (χ2n) is 15.0. The van der Waals surface area contributed by atoms with Gasteiger partial charge in [0.1, 0.15) is 12.7 Å². The highest BCUT2D eigenvalue weighted by Gasteiger charge is 2.27.